The monoisotopic (exact) mass is 280 g/mol. The van der Waals surface area contributed by atoms with Crippen LogP contribution in [0.3, 0.4) is 0 Å². The zero-order valence-corrected chi connectivity index (χ0v) is 13.7. The first-order chi connectivity index (χ1) is 9.49. The molecule has 1 N–H and O–H groups in total. The van der Waals surface area contributed by atoms with Gasteiger partial charge in [0, 0.05) is 31.1 Å². The van der Waals surface area contributed by atoms with Gasteiger partial charge in [0.15, 0.2) is 0 Å². The van der Waals surface area contributed by atoms with Crippen LogP contribution >= 0.6 is 0 Å². The number of amides is 1. The van der Waals surface area contributed by atoms with E-state index in [-0.39, 0.29) is 11.3 Å². The van der Waals surface area contributed by atoms with Crippen molar-refractivity contribution >= 4 is 5.91 Å². The zero-order valence-electron chi connectivity index (χ0n) is 13.7. The molecule has 3 unspecified atom stereocenters. The van der Waals surface area contributed by atoms with Crippen LogP contribution in [0.5, 0.6) is 0 Å². The van der Waals surface area contributed by atoms with Crippen LogP contribution in [0, 0.1) is 11.3 Å². The number of hydrogen-bond acceptors (Lipinski definition) is 2. The molecule has 3 heteroatoms. The van der Waals surface area contributed by atoms with Crippen LogP contribution in [0.15, 0.2) is 0 Å². The number of carbonyl (C=O) groups is 1. The van der Waals surface area contributed by atoms with Crippen LogP contribution in [0.25, 0.3) is 0 Å². The normalized spacial score (nSPS) is 34.0. The van der Waals surface area contributed by atoms with E-state index in [1.165, 1.54) is 19.3 Å². The van der Waals surface area contributed by atoms with E-state index in [0.29, 0.717) is 18.0 Å². The van der Waals surface area contributed by atoms with E-state index >= 15 is 0 Å². The summed E-state index contributed by atoms with van der Waals surface area (Å²) in [6, 6.07) is 0.872. The summed E-state index contributed by atoms with van der Waals surface area (Å²) in [7, 11) is 0. The molecule has 0 aromatic heterocycles. The van der Waals surface area contributed by atoms with Crippen molar-refractivity contribution in [3.8, 4) is 0 Å². The minimum atomic E-state index is 0.181. The van der Waals surface area contributed by atoms with Crippen molar-refractivity contribution in [1.82, 2.24) is 10.2 Å². The van der Waals surface area contributed by atoms with Gasteiger partial charge in [0.2, 0.25) is 5.91 Å². The van der Waals surface area contributed by atoms with Crippen LogP contribution in [0.4, 0.5) is 0 Å². The molecule has 2 fully saturated rings. The molecule has 0 spiro atoms. The van der Waals surface area contributed by atoms with Gasteiger partial charge >= 0.3 is 0 Å². The van der Waals surface area contributed by atoms with Crippen LogP contribution < -0.4 is 5.32 Å². The summed E-state index contributed by atoms with van der Waals surface area (Å²) in [4.78, 5) is 15.3. The Hall–Kier alpha value is -0.570. The van der Waals surface area contributed by atoms with E-state index in [1.54, 1.807) is 0 Å². The highest BCUT2D eigenvalue weighted by atomic mass is 16.2. The lowest BCUT2D eigenvalue weighted by Crippen LogP contribution is -2.60. The fourth-order valence-electron chi connectivity index (χ4n) is 3.92. The lowest BCUT2D eigenvalue weighted by molar-refractivity contribution is -0.145. The van der Waals surface area contributed by atoms with Crippen molar-refractivity contribution in [2.45, 2.75) is 78.3 Å². The Morgan fingerprint density at radius 1 is 1.25 bits per heavy atom. The summed E-state index contributed by atoms with van der Waals surface area (Å²) in [5.41, 5.74) is 0.181. The predicted molar refractivity (Wildman–Crippen MR) is 83.6 cm³/mol. The number of hydrogen-bond donors (Lipinski definition) is 1. The van der Waals surface area contributed by atoms with Crippen molar-refractivity contribution in [2.75, 3.05) is 13.1 Å². The maximum atomic E-state index is 13.1. The molecule has 0 bridgehead atoms. The van der Waals surface area contributed by atoms with Gasteiger partial charge in [0.1, 0.15) is 0 Å². The second kappa shape index (κ2) is 6.46. The lowest BCUT2D eigenvalue weighted by atomic mass is 9.68. The molecule has 1 heterocycles. The number of rotatable bonds is 3. The second-order valence-electron chi connectivity index (χ2n) is 7.35. The van der Waals surface area contributed by atoms with Gasteiger partial charge in [-0.3, -0.25) is 4.79 Å². The molecule has 116 valence electrons. The van der Waals surface area contributed by atoms with Gasteiger partial charge in [-0.2, -0.15) is 0 Å². The van der Waals surface area contributed by atoms with Crippen LogP contribution in [0.1, 0.15) is 66.2 Å². The Kier molecular flexibility index (Phi) is 5.11. The van der Waals surface area contributed by atoms with Crippen molar-refractivity contribution in [3.63, 3.8) is 0 Å². The van der Waals surface area contributed by atoms with E-state index in [2.05, 4.69) is 37.9 Å². The zero-order chi connectivity index (χ0) is 14.8. The number of piperazine rings is 1. The fraction of sp³-hybridized carbons (Fsp3) is 0.941. The number of nitrogens with one attached hydrogen (secondary N) is 1. The topological polar surface area (TPSA) is 32.3 Å². The van der Waals surface area contributed by atoms with Crippen molar-refractivity contribution in [3.05, 3.63) is 0 Å². The molecule has 1 saturated heterocycles. The summed E-state index contributed by atoms with van der Waals surface area (Å²) < 4.78 is 0. The van der Waals surface area contributed by atoms with Crippen LogP contribution in [-0.2, 0) is 4.79 Å². The average Bonchev–Trinajstić information content (AvgIpc) is 2.45. The molecule has 1 aliphatic heterocycles. The molecule has 20 heavy (non-hydrogen) atoms. The Morgan fingerprint density at radius 2 is 2.00 bits per heavy atom. The van der Waals surface area contributed by atoms with E-state index in [4.69, 9.17) is 0 Å². The largest absolute Gasteiger partial charge is 0.337 e. The van der Waals surface area contributed by atoms with E-state index < -0.39 is 0 Å². The summed E-state index contributed by atoms with van der Waals surface area (Å²) in [5, 5.41) is 3.58. The quantitative estimate of drug-likeness (QED) is 0.861. The second-order valence-corrected chi connectivity index (χ2v) is 7.35. The molecule has 3 atom stereocenters. The molecule has 2 aliphatic rings. The summed E-state index contributed by atoms with van der Waals surface area (Å²) in [6.07, 6.45) is 6.95. The van der Waals surface area contributed by atoms with Gasteiger partial charge in [0.05, 0.1) is 0 Å². The van der Waals surface area contributed by atoms with Gasteiger partial charge in [0.25, 0.3) is 0 Å². The van der Waals surface area contributed by atoms with E-state index in [1.807, 2.05) is 0 Å². The molecule has 0 aromatic carbocycles. The SMILES string of the molecule is CCC1CN(C(=O)C2CCCCC2(C)C)C(CC)CN1. The molecule has 2 rings (SSSR count). The van der Waals surface area contributed by atoms with Gasteiger partial charge < -0.3 is 10.2 Å². The number of carbonyl (C=O) groups excluding carboxylic acids is 1. The van der Waals surface area contributed by atoms with Crippen molar-refractivity contribution in [2.24, 2.45) is 11.3 Å². The average molecular weight is 280 g/mol. The van der Waals surface area contributed by atoms with Crippen LogP contribution in [0.2, 0.25) is 0 Å². The minimum absolute atomic E-state index is 0.181. The predicted octanol–water partition coefficient (Wildman–Crippen LogP) is 3.19. The minimum Gasteiger partial charge on any atom is -0.337 e. The molecular formula is C17H32N2O. The lowest BCUT2D eigenvalue weighted by Gasteiger charge is -2.45. The van der Waals surface area contributed by atoms with Crippen molar-refractivity contribution in [1.29, 1.82) is 0 Å². The fourth-order valence-corrected chi connectivity index (χ4v) is 3.92. The molecule has 1 amide bonds. The van der Waals surface area contributed by atoms with Gasteiger partial charge in [-0.25, -0.2) is 0 Å². The maximum absolute atomic E-state index is 13.1. The van der Waals surface area contributed by atoms with Gasteiger partial charge in [-0.15, -0.1) is 0 Å². The standard InChI is InChI=1S/C17H32N2O/c1-5-13-12-19(14(6-2)11-18-13)16(20)15-9-7-8-10-17(15,3)4/h13-15,18H,5-12H2,1-4H3. The number of nitrogens with zero attached hydrogens (tertiary/aromatic N) is 1. The summed E-state index contributed by atoms with van der Waals surface area (Å²) in [5.74, 6) is 0.669. The smallest absolute Gasteiger partial charge is 0.226 e. The molecule has 0 radical (unpaired) electrons. The molecular weight excluding hydrogens is 248 g/mol. The molecule has 3 nitrogen and oxygen atoms in total. The first-order valence-electron chi connectivity index (χ1n) is 8.53. The molecule has 0 aromatic rings. The van der Waals surface area contributed by atoms with Crippen LogP contribution in [-0.4, -0.2) is 36.0 Å². The third kappa shape index (κ3) is 3.19. The maximum Gasteiger partial charge on any atom is 0.226 e. The highest BCUT2D eigenvalue weighted by Crippen LogP contribution is 2.42. The highest BCUT2D eigenvalue weighted by molar-refractivity contribution is 5.80. The first kappa shape index (κ1) is 15.8. The Labute approximate surface area is 124 Å². The van der Waals surface area contributed by atoms with Crippen molar-refractivity contribution < 1.29 is 4.79 Å². The summed E-state index contributed by atoms with van der Waals surface area (Å²) >= 11 is 0. The Bertz CT molecular complexity index is 340. The molecule has 1 aliphatic carbocycles. The Morgan fingerprint density at radius 3 is 2.60 bits per heavy atom. The van der Waals surface area contributed by atoms with E-state index in [9.17, 15) is 4.79 Å². The van der Waals surface area contributed by atoms with Gasteiger partial charge in [-0.1, -0.05) is 40.5 Å². The highest BCUT2D eigenvalue weighted by Gasteiger charge is 2.41. The first-order valence-corrected chi connectivity index (χ1v) is 8.53. The molecule has 1 saturated carbocycles. The van der Waals surface area contributed by atoms with E-state index in [0.717, 1.165) is 32.4 Å². The Balaban J connectivity index is 2.12. The summed E-state index contributed by atoms with van der Waals surface area (Å²) in [6.45, 7) is 10.8. The van der Waals surface area contributed by atoms with Gasteiger partial charge in [-0.05, 0) is 31.1 Å². The third-order valence-electron chi connectivity index (χ3n) is 5.55. The third-order valence-corrected chi connectivity index (χ3v) is 5.55.